The van der Waals surface area contributed by atoms with Crippen molar-refractivity contribution in [2.75, 3.05) is 39.4 Å². The van der Waals surface area contributed by atoms with Gasteiger partial charge in [-0.15, -0.1) is 0 Å². The molecule has 98 valence electrons. The summed E-state index contributed by atoms with van der Waals surface area (Å²) in [6, 6.07) is -0.114. The molecule has 1 aliphatic heterocycles. The first kappa shape index (κ1) is 13.8. The van der Waals surface area contributed by atoms with Gasteiger partial charge in [-0.25, -0.2) is 4.79 Å². The van der Waals surface area contributed by atoms with Crippen LogP contribution in [0.1, 0.15) is 19.8 Å². The molecule has 0 radical (unpaired) electrons. The van der Waals surface area contributed by atoms with E-state index in [1.165, 1.54) is 0 Å². The van der Waals surface area contributed by atoms with Crippen LogP contribution in [0.25, 0.3) is 0 Å². The molecule has 0 spiro atoms. The van der Waals surface area contributed by atoms with Gasteiger partial charge in [0.1, 0.15) is 0 Å². The zero-order valence-electron chi connectivity index (χ0n) is 10.3. The zero-order valence-corrected chi connectivity index (χ0v) is 10.3. The van der Waals surface area contributed by atoms with Gasteiger partial charge in [-0.2, -0.15) is 0 Å². The molecule has 0 aromatic rings. The number of hydrogen-bond donors (Lipinski definition) is 2. The molecule has 0 bridgehead atoms. The van der Waals surface area contributed by atoms with Gasteiger partial charge in [0.15, 0.2) is 0 Å². The molecule has 0 atom stereocenters. The van der Waals surface area contributed by atoms with E-state index in [1.54, 1.807) is 4.90 Å². The number of urea groups is 1. The second kappa shape index (κ2) is 7.89. The van der Waals surface area contributed by atoms with Crippen molar-refractivity contribution in [3.8, 4) is 0 Å². The highest BCUT2D eigenvalue weighted by atomic mass is 16.5. The highest BCUT2D eigenvalue weighted by Gasteiger charge is 2.16. The molecular weight excluding hydrogens is 222 g/mol. The standard InChI is InChI=1S/C11H21N3O3/c1-2-4-12-10(15)3-5-13-11(16)14-6-8-17-9-7-14/h2-9H2,1H3,(H,12,15)(H,13,16). The highest BCUT2D eigenvalue weighted by Crippen LogP contribution is 1.96. The Balaban J connectivity index is 2.08. The quantitative estimate of drug-likeness (QED) is 0.711. The van der Waals surface area contributed by atoms with E-state index in [4.69, 9.17) is 4.74 Å². The molecule has 3 amide bonds. The minimum Gasteiger partial charge on any atom is -0.378 e. The van der Waals surface area contributed by atoms with Crippen LogP contribution in [0.3, 0.4) is 0 Å². The summed E-state index contributed by atoms with van der Waals surface area (Å²) in [5, 5.41) is 5.49. The summed E-state index contributed by atoms with van der Waals surface area (Å²) >= 11 is 0. The smallest absolute Gasteiger partial charge is 0.317 e. The SMILES string of the molecule is CCCNC(=O)CCNC(=O)N1CCOCC1. The average molecular weight is 243 g/mol. The minimum atomic E-state index is -0.114. The Labute approximate surface area is 102 Å². The fourth-order valence-corrected chi connectivity index (χ4v) is 1.51. The number of rotatable bonds is 5. The lowest BCUT2D eigenvalue weighted by Crippen LogP contribution is -2.46. The molecule has 0 aromatic carbocycles. The Morgan fingerprint density at radius 3 is 2.53 bits per heavy atom. The van der Waals surface area contributed by atoms with Gasteiger partial charge in [-0.05, 0) is 6.42 Å². The number of amides is 3. The molecule has 0 aliphatic carbocycles. The van der Waals surface area contributed by atoms with E-state index in [9.17, 15) is 9.59 Å². The molecule has 0 aromatic heterocycles. The zero-order chi connectivity index (χ0) is 12.5. The van der Waals surface area contributed by atoms with Gasteiger partial charge in [-0.1, -0.05) is 6.92 Å². The fourth-order valence-electron chi connectivity index (χ4n) is 1.51. The van der Waals surface area contributed by atoms with Crippen LogP contribution < -0.4 is 10.6 Å². The average Bonchev–Trinajstić information content (AvgIpc) is 2.37. The molecule has 1 rings (SSSR count). The maximum absolute atomic E-state index is 11.6. The molecule has 1 heterocycles. The second-order valence-corrected chi connectivity index (χ2v) is 3.93. The summed E-state index contributed by atoms with van der Waals surface area (Å²) in [6.07, 6.45) is 1.25. The topological polar surface area (TPSA) is 70.7 Å². The maximum Gasteiger partial charge on any atom is 0.317 e. The molecule has 6 nitrogen and oxygen atoms in total. The van der Waals surface area contributed by atoms with Crippen molar-refractivity contribution in [3.05, 3.63) is 0 Å². The predicted molar refractivity (Wildman–Crippen MR) is 63.7 cm³/mol. The number of nitrogens with one attached hydrogen (secondary N) is 2. The molecule has 0 unspecified atom stereocenters. The van der Waals surface area contributed by atoms with E-state index in [0.29, 0.717) is 45.8 Å². The number of carbonyl (C=O) groups excluding carboxylic acids is 2. The van der Waals surface area contributed by atoms with Crippen LogP contribution >= 0.6 is 0 Å². The number of nitrogens with zero attached hydrogens (tertiary/aromatic N) is 1. The molecular formula is C11H21N3O3. The lowest BCUT2D eigenvalue weighted by molar-refractivity contribution is -0.120. The van der Waals surface area contributed by atoms with Crippen LogP contribution in [0.5, 0.6) is 0 Å². The van der Waals surface area contributed by atoms with E-state index in [0.717, 1.165) is 6.42 Å². The Morgan fingerprint density at radius 1 is 1.18 bits per heavy atom. The van der Waals surface area contributed by atoms with Crippen LogP contribution in [0.15, 0.2) is 0 Å². The Bertz CT molecular complexity index is 252. The number of ether oxygens (including phenoxy) is 1. The summed E-state index contributed by atoms with van der Waals surface area (Å²) in [5.74, 6) is -0.0193. The van der Waals surface area contributed by atoms with Crippen LogP contribution in [0, 0.1) is 0 Å². The number of hydrogen-bond acceptors (Lipinski definition) is 3. The molecule has 1 aliphatic rings. The van der Waals surface area contributed by atoms with Crippen LogP contribution in [-0.2, 0) is 9.53 Å². The van der Waals surface area contributed by atoms with E-state index >= 15 is 0 Å². The van der Waals surface area contributed by atoms with Gasteiger partial charge in [0.25, 0.3) is 0 Å². The first-order valence-corrected chi connectivity index (χ1v) is 6.11. The number of morpholine rings is 1. The summed E-state index contributed by atoms with van der Waals surface area (Å²) in [7, 11) is 0. The van der Waals surface area contributed by atoms with Gasteiger partial charge < -0.3 is 20.3 Å². The summed E-state index contributed by atoms with van der Waals surface area (Å²) in [4.78, 5) is 24.6. The molecule has 6 heteroatoms. The minimum absolute atomic E-state index is 0.0193. The van der Waals surface area contributed by atoms with Gasteiger partial charge in [-0.3, -0.25) is 4.79 Å². The van der Waals surface area contributed by atoms with Crippen molar-refractivity contribution >= 4 is 11.9 Å². The van der Waals surface area contributed by atoms with Crippen LogP contribution in [0.2, 0.25) is 0 Å². The molecule has 17 heavy (non-hydrogen) atoms. The van der Waals surface area contributed by atoms with Gasteiger partial charge in [0, 0.05) is 32.6 Å². The van der Waals surface area contributed by atoms with Crippen molar-refractivity contribution in [2.24, 2.45) is 0 Å². The van der Waals surface area contributed by atoms with Crippen molar-refractivity contribution in [1.82, 2.24) is 15.5 Å². The van der Waals surface area contributed by atoms with Crippen LogP contribution in [0.4, 0.5) is 4.79 Å². The predicted octanol–water partition coefficient (Wildman–Crippen LogP) is -0.0555. The van der Waals surface area contributed by atoms with Crippen molar-refractivity contribution < 1.29 is 14.3 Å². The third kappa shape index (κ3) is 5.53. The first-order valence-electron chi connectivity index (χ1n) is 6.11. The first-order chi connectivity index (χ1) is 8.24. The second-order valence-electron chi connectivity index (χ2n) is 3.93. The van der Waals surface area contributed by atoms with Gasteiger partial charge in [0.2, 0.25) is 5.91 Å². The van der Waals surface area contributed by atoms with Gasteiger partial charge >= 0.3 is 6.03 Å². The van der Waals surface area contributed by atoms with Crippen molar-refractivity contribution in [3.63, 3.8) is 0 Å². The van der Waals surface area contributed by atoms with E-state index in [1.807, 2.05) is 6.92 Å². The highest BCUT2D eigenvalue weighted by molar-refractivity contribution is 5.78. The Kier molecular flexibility index (Phi) is 6.39. The van der Waals surface area contributed by atoms with Crippen LogP contribution in [-0.4, -0.2) is 56.2 Å². The summed E-state index contributed by atoms with van der Waals surface area (Å²) < 4.78 is 5.15. The maximum atomic E-state index is 11.6. The fraction of sp³-hybridized carbons (Fsp3) is 0.818. The third-order valence-electron chi connectivity index (χ3n) is 2.50. The third-order valence-corrected chi connectivity index (χ3v) is 2.50. The Morgan fingerprint density at radius 2 is 1.88 bits per heavy atom. The number of carbonyl (C=O) groups is 2. The monoisotopic (exact) mass is 243 g/mol. The van der Waals surface area contributed by atoms with E-state index in [2.05, 4.69) is 10.6 Å². The summed E-state index contributed by atoms with van der Waals surface area (Å²) in [5.41, 5.74) is 0. The largest absolute Gasteiger partial charge is 0.378 e. The van der Waals surface area contributed by atoms with Crippen molar-refractivity contribution in [2.45, 2.75) is 19.8 Å². The van der Waals surface area contributed by atoms with Crippen molar-refractivity contribution in [1.29, 1.82) is 0 Å². The molecule has 2 N–H and O–H groups in total. The molecule has 1 saturated heterocycles. The lowest BCUT2D eigenvalue weighted by atomic mass is 10.3. The van der Waals surface area contributed by atoms with E-state index < -0.39 is 0 Å². The van der Waals surface area contributed by atoms with Gasteiger partial charge in [0.05, 0.1) is 13.2 Å². The lowest BCUT2D eigenvalue weighted by Gasteiger charge is -2.26. The molecule has 0 saturated carbocycles. The summed E-state index contributed by atoms with van der Waals surface area (Å²) in [6.45, 7) is 5.49. The molecule has 1 fully saturated rings. The van der Waals surface area contributed by atoms with E-state index in [-0.39, 0.29) is 11.9 Å². The Hall–Kier alpha value is -1.30. The normalized spacial score (nSPS) is 15.5.